The maximum absolute atomic E-state index is 14.0. The number of amides is 4. The van der Waals surface area contributed by atoms with Gasteiger partial charge in [-0.1, -0.05) is 36.8 Å². The molecular weight excluding hydrogens is 613 g/mol. The monoisotopic (exact) mass is 659 g/mol. The molecule has 6 rings (SSSR count). The molecule has 0 radical (unpaired) electrons. The fourth-order valence-corrected chi connectivity index (χ4v) is 7.81. The van der Waals surface area contributed by atoms with E-state index in [1.807, 2.05) is 29.2 Å². The van der Waals surface area contributed by atoms with E-state index >= 15 is 0 Å². The molecule has 2 aromatic carbocycles. The number of phenolic OH excluding ortho intramolecular Hbond substituents is 1. The van der Waals surface area contributed by atoms with Gasteiger partial charge in [-0.25, -0.2) is 9.59 Å². The number of benzene rings is 2. The van der Waals surface area contributed by atoms with Gasteiger partial charge in [0.2, 0.25) is 0 Å². The van der Waals surface area contributed by atoms with Crippen molar-refractivity contribution in [3.8, 4) is 5.75 Å². The van der Waals surface area contributed by atoms with Gasteiger partial charge in [-0.05, 0) is 80.2 Å². The highest BCUT2D eigenvalue weighted by Gasteiger charge is 2.38. The van der Waals surface area contributed by atoms with Crippen LogP contribution in [0.15, 0.2) is 42.5 Å². The summed E-state index contributed by atoms with van der Waals surface area (Å²) in [6.07, 6.45) is 4.40. The number of para-hydroxylation sites is 1. The van der Waals surface area contributed by atoms with Crippen LogP contribution in [0.25, 0.3) is 0 Å². The first-order chi connectivity index (χ1) is 23.2. The maximum atomic E-state index is 14.0. The smallest absolute Gasteiger partial charge is 0.410 e. The Kier molecular flexibility index (Phi) is 10.4. The van der Waals surface area contributed by atoms with Crippen molar-refractivity contribution in [1.82, 2.24) is 19.6 Å². The van der Waals surface area contributed by atoms with E-state index in [4.69, 9.17) is 4.74 Å². The number of carbonyl (C=O) groups excluding carboxylic acids is 3. The molecule has 12 nitrogen and oxygen atoms in total. The Morgan fingerprint density at radius 3 is 2.33 bits per heavy atom. The van der Waals surface area contributed by atoms with Gasteiger partial charge in [0.15, 0.2) is 6.10 Å². The van der Waals surface area contributed by atoms with Gasteiger partial charge in [0, 0.05) is 56.9 Å². The summed E-state index contributed by atoms with van der Waals surface area (Å²) in [6, 6.07) is 12.4. The van der Waals surface area contributed by atoms with E-state index in [1.54, 1.807) is 35.8 Å². The van der Waals surface area contributed by atoms with E-state index in [-0.39, 0.29) is 36.2 Å². The van der Waals surface area contributed by atoms with Crippen molar-refractivity contribution >= 4 is 43.0 Å². The van der Waals surface area contributed by atoms with Gasteiger partial charge in [0.05, 0.1) is 0 Å². The number of fused-ring (bicyclic) bond motifs is 1. The third-order valence-electron chi connectivity index (χ3n) is 10.6. The zero-order chi connectivity index (χ0) is 33.8. The number of phenols is 1. The number of anilines is 1. The summed E-state index contributed by atoms with van der Waals surface area (Å²) in [4.78, 5) is 59.8. The molecule has 2 aromatic rings. The van der Waals surface area contributed by atoms with Gasteiger partial charge >= 0.3 is 18.1 Å². The lowest BCUT2D eigenvalue weighted by Crippen LogP contribution is -2.55. The second-order valence-electron chi connectivity index (χ2n) is 13.6. The standard InChI is InChI=1S/C35H46BN5O7/c36-27-21-23(8-9-30(27)42)22-31(32(43)38-16-11-25(12-17-38)40-15-4-3-7-29(40)33(44)45)48-35(47)39-18-13-26(14-19-39)41-20-10-24-5-1-2-6-28(24)37-34(41)46/h1-2,5-6,8-9,21,25-26,29,31,42H,3-4,7,10-20,22,36H2,(H,37,46)(H,44,45)/t29?,31-/m1/s1. The molecule has 1 unspecified atom stereocenters. The van der Waals surface area contributed by atoms with Gasteiger partial charge in [-0.2, -0.15) is 0 Å². The minimum absolute atomic E-state index is 0.0114. The average molecular weight is 660 g/mol. The van der Waals surface area contributed by atoms with Crippen LogP contribution in [0.3, 0.4) is 0 Å². The largest absolute Gasteiger partial charge is 0.509 e. The summed E-state index contributed by atoms with van der Waals surface area (Å²) in [5.74, 6) is -0.895. The summed E-state index contributed by atoms with van der Waals surface area (Å²) < 4.78 is 5.99. The fourth-order valence-electron chi connectivity index (χ4n) is 7.81. The zero-order valence-electron chi connectivity index (χ0n) is 27.7. The molecule has 4 amide bonds. The van der Waals surface area contributed by atoms with Gasteiger partial charge in [-0.3, -0.25) is 14.5 Å². The molecule has 3 N–H and O–H groups in total. The van der Waals surface area contributed by atoms with E-state index in [1.165, 1.54) is 0 Å². The molecule has 4 aliphatic heterocycles. The van der Waals surface area contributed by atoms with Gasteiger partial charge < -0.3 is 35.0 Å². The highest BCUT2D eigenvalue weighted by atomic mass is 16.6. The van der Waals surface area contributed by atoms with Crippen LogP contribution in [-0.4, -0.2) is 125 Å². The number of likely N-dealkylation sites (tertiary alicyclic amines) is 3. The molecule has 0 saturated carbocycles. The molecule has 3 saturated heterocycles. The normalized spacial score (nSPS) is 22.0. The van der Waals surface area contributed by atoms with E-state index in [0.29, 0.717) is 70.3 Å². The molecule has 2 atom stereocenters. The van der Waals surface area contributed by atoms with E-state index < -0.39 is 24.2 Å². The zero-order valence-corrected chi connectivity index (χ0v) is 27.7. The Labute approximate surface area is 282 Å². The number of nitrogens with one attached hydrogen (secondary N) is 1. The molecule has 4 aliphatic rings. The van der Waals surface area contributed by atoms with Crippen LogP contribution in [0.5, 0.6) is 5.75 Å². The molecule has 0 aromatic heterocycles. The Morgan fingerprint density at radius 1 is 0.896 bits per heavy atom. The van der Waals surface area contributed by atoms with Gasteiger partial charge in [0.1, 0.15) is 19.6 Å². The number of carboxylic acids is 1. The van der Waals surface area contributed by atoms with Crippen molar-refractivity contribution < 1.29 is 34.1 Å². The van der Waals surface area contributed by atoms with Crippen LogP contribution in [0.1, 0.15) is 56.1 Å². The number of piperidine rings is 3. The Bertz CT molecular complexity index is 1510. The van der Waals surface area contributed by atoms with Crippen LogP contribution >= 0.6 is 0 Å². The number of urea groups is 1. The SMILES string of the molecule is Bc1cc(C[C@@H](OC(=O)N2CCC(N3CCc4ccccc4NC3=O)CC2)C(=O)N2CCC(N3CCCCC3C(=O)O)CC2)ccc1O. The molecule has 256 valence electrons. The molecular formula is C35H46BN5O7. The van der Waals surface area contributed by atoms with Crippen LogP contribution in [-0.2, 0) is 27.2 Å². The number of hydrogen-bond acceptors (Lipinski definition) is 7. The first-order valence-corrected chi connectivity index (χ1v) is 17.3. The van der Waals surface area contributed by atoms with E-state index in [0.717, 1.165) is 42.6 Å². The number of carboxylic acid groups (broad SMARTS) is 1. The van der Waals surface area contributed by atoms with Gasteiger partial charge in [-0.15, -0.1) is 0 Å². The second kappa shape index (κ2) is 14.9. The highest BCUT2D eigenvalue weighted by molar-refractivity contribution is 6.34. The van der Waals surface area contributed by atoms with Crippen LogP contribution < -0.4 is 10.8 Å². The lowest BCUT2D eigenvalue weighted by molar-refractivity contribution is -0.148. The number of rotatable bonds is 7. The summed E-state index contributed by atoms with van der Waals surface area (Å²) in [7, 11) is 1.78. The number of hydrogen-bond donors (Lipinski definition) is 3. The Hall–Kier alpha value is -4.26. The lowest BCUT2D eigenvalue weighted by atomic mass is 9.91. The predicted octanol–water partition coefficient (Wildman–Crippen LogP) is 2.18. The molecule has 48 heavy (non-hydrogen) atoms. The minimum Gasteiger partial charge on any atom is -0.509 e. The molecule has 13 heteroatoms. The van der Waals surface area contributed by atoms with Crippen molar-refractivity contribution in [3.05, 3.63) is 53.6 Å². The van der Waals surface area contributed by atoms with Gasteiger partial charge in [0.25, 0.3) is 5.91 Å². The predicted molar refractivity (Wildman–Crippen MR) is 182 cm³/mol. The average Bonchev–Trinajstić information content (AvgIpc) is 3.27. The highest BCUT2D eigenvalue weighted by Crippen LogP contribution is 2.28. The first kappa shape index (κ1) is 33.6. The molecule has 0 bridgehead atoms. The second-order valence-corrected chi connectivity index (χ2v) is 13.6. The maximum Gasteiger partial charge on any atom is 0.410 e. The van der Waals surface area contributed by atoms with Crippen molar-refractivity contribution in [2.75, 3.05) is 44.6 Å². The third-order valence-corrected chi connectivity index (χ3v) is 10.6. The number of aromatic hydroxyl groups is 1. The van der Waals surface area contributed by atoms with E-state index in [2.05, 4.69) is 10.2 Å². The van der Waals surface area contributed by atoms with Crippen molar-refractivity contribution in [3.63, 3.8) is 0 Å². The molecule has 3 fully saturated rings. The summed E-state index contributed by atoms with van der Waals surface area (Å²) >= 11 is 0. The summed E-state index contributed by atoms with van der Waals surface area (Å²) in [6.45, 7) is 3.09. The van der Waals surface area contributed by atoms with Crippen molar-refractivity contribution in [1.29, 1.82) is 0 Å². The summed E-state index contributed by atoms with van der Waals surface area (Å²) in [5.41, 5.74) is 3.39. The number of nitrogens with zero attached hydrogens (tertiary/aromatic N) is 4. The Balaban J connectivity index is 1.08. The topological polar surface area (TPSA) is 143 Å². The van der Waals surface area contributed by atoms with Crippen LogP contribution in [0.4, 0.5) is 15.3 Å². The fraction of sp³-hybridized carbons (Fsp3) is 0.543. The van der Waals surface area contributed by atoms with Crippen LogP contribution in [0.2, 0.25) is 0 Å². The molecule has 4 heterocycles. The Morgan fingerprint density at radius 2 is 1.60 bits per heavy atom. The lowest BCUT2D eigenvalue weighted by Gasteiger charge is -2.43. The summed E-state index contributed by atoms with van der Waals surface area (Å²) in [5, 5.41) is 22.8. The first-order valence-electron chi connectivity index (χ1n) is 17.3. The third kappa shape index (κ3) is 7.56. The van der Waals surface area contributed by atoms with E-state index in [9.17, 15) is 29.4 Å². The van der Waals surface area contributed by atoms with Crippen molar-refractivity contribution in [2.24, 2.45) is 0 Å². The number of carbonyl (C=O) groups is 4. The number of aliphatic carboxylic acids is 1. The molecule has 0 aliphatic carbocycles. The van der Waals surface area contributed by atoms with Crippen LogP contribution in [0, 0.1) is 0 Å². The quantitative estimate of drug-likeness (QED) is 0.384. The van der Waals surface area contributed by atoms with Crippen molar-refractivity contribution in [2.45, 2.75) is 82.0 Å². The minimum atomic E-state index is -1.05. The molecule has 0 spiro atoms. The number of ether oxygens (including phenoxy) is 1.